The first-order valence-corrected chi connectivity index (χ1v) is 7.99. The first kappa shape index (κ1) is 13.1. The molecule has 1 amide bonds. The Kier molecular flexibility index (Phi) is 3.18. The number of nitrogens with one attached hydrogen (secondary N) is 1. The van der Waals surface area contributed by atoms with Gasteiger partial charge >= 0.3 is 0 Å². The summed E-state index contributed by atoms with van der Waals surface area (Å²) in [6, 6.07) is 2.56. The van der Waals surface area contributed by atoms with Gasteiger partial charge in [0.2, 0.25) is 5.91 Å². The quantitative estimate of drug-likeness (QED) is 0.921. The minimum absolute atomic E-state index is 0.240. The Hall–Kier alpha value is -0.870. The molecule has 1 aromatic rings. The van der Waals surface area contributed by atoms with Crippen molar-refractivity contribution in [1.29, 1.82) is 0 Å². The Morgan fingerprint density at radius 2 is 2.21 bits per heavy atom. The minimum Gasteiger partial charge on any atom is -0.333 e. The summed E-state index contributed by atoms with van der Waals surface area (Å²) in [7, 11) is 1.87. The topological polar surface area (TPSA) is 32.3 Å². The highest BCUT2D eigenvalue weighted by molar-refractivity contribution is 7.10. The van der Waals surface area contributed by atoms with Crippen LogP contribution in [0.15, 0.2) is 11.4 Å². The zero-order valence-corrected chi connectivity index (χ0v) is 12.7. The molecule has 1 N–H and O–H groups in total. The molecule has 1 unspecified atom stereocenters. The van der Waals surface area contributed by atoms with Crippen molar-refractivity contribution in [2.45, 2.75) is 44.7 Å². The van der Waals surface area contributed by atoms with Gasteiger partial charge in [0.15, 0.2) is 0 Å². The third kappa shape index (κ3) is 2.21. The molecular weight excluding hydrogens is 256 g/mol. The lowest BCUT2D eigenvalue weighted by Crippen LogP contribution is -2.55. The second-order valence-corrected chi connectivity index (χ2v) is 7.21. The second-order valence-electron chi connectivity index (χ2n) is 6.20. The zero-order valence-electron chi connectivity index (χ0n) is 11.9. The smallest absolute Gasteiger partial charge is 0.242 e. The fourth-order valence-electron chi connectivity index (χ4n) is 2.96. The van der Waals surface area contributed by atoms with Crippen molar-refractivity contribution < 1.29 is 4.79 Å². The van der Waals surface area contributed by atoms with Gasteiger partial charge in [-0.15, -0.1) is 11.3 Å². The molecule has 2 heterocycles. The summed E-state index contributed by atoms with van der Waals surface area (Å²) in [6.45, 7) is 4.82. The van der Waals surface area contributed by atoms with E-state index in [0.717, 1.165) is 13.0 Å². The lowest BCUT2D eigenvalue weighted by molar-refractivity contribution is -0.140. The van der Waals surface area contributed by atoms with Crippen LogP contribution in [0.4, 0.5) is 0 Å². The summed E-state index contributed by atoms with van der Waals surface area (Å²) >= 11 is 1.85. The number of amides is 1. The molecule has 1 fully saturated rings. The Morgan fingerprint density at radius 1 is 1.47 bits per heavy atom. The zero-order chi connectivity index (χ0) is 13.6. The van der Waals surface area contributed by atoms with E-state index in [2.05, 4.69) is 21.7 Å². The van der Waals surface area contributed by atoms with E-state index < -0.39 is 5.54 Å². The summed E-state index contributed by atoms with van der Waals surface area (Å²) in [5, 5.41) is 5.33. The number of hydrogen-bond donors (Lipinski definition) is 1. The molecule has 1 aliphatic carbocycles. The number of hydrogen-bond acceptors (Lipinski definition) is 3. The van der Waals surface area contributed by atoms with E-state index in [1.54, 1.807) is 0 Å². The van der Waals surface area contributed by atoms with E-state index in [4.69, 9.17) is 0 Å². The number of fused-ring (bicyclic) bond motifs is 1. The summed E-state index contributed by atoms with van der Waals surface area (Å²) in [6.07, 6.45) is 3.55. The normalized spacial score (nSPS) is 23.3. The van der Waals surface area contributed by atoms with Crippen molar-refractivity contribution in [3.63, 3.8) is 0 Å². The molecule has 19 heavy (non-hydrogen) atoms. The van der Waals surface area contributed by atoms with Gasteiger partial charge in [-0.25, -0.2) is 0 Å². The molecule has 3 nitrogen and oxygen atoms in total. The molecule has 1 saturated carbocycles. The predicted octanol–water partition coefficient (Wildman–Crippen LogP) is 2.58. The number of rotatable bonds is 3. The van der Waals surface area contributed by atoms with Crippen LogP contribution in [0, 0.1) is 5.92 Å². The number of nitrogens with zero attached hydrogens (tertiary/aromatic N) is 1. The van der Waals surface area contributed by atoms with Crippen molar-refractivity contribution >= 4 is 17.2 Å². The average Bonchev–Trinajstić information content (AvgIpc) is 3.13. The number of likely N-dealkylation sites (N-methyl/N-ethyl adjacent to an activating group) is 1. The Balaban J connectivity index is 1.92. The summed E-state index contributed by atoms with van der Waals surface area (Å²) < 4.78 is 0. The van der Waals surface area contributed by atoms with Crippen molar-refractivity contribution in [3.8, 4) is 0 Å². The van der Waals surface area contributed by atoms with Gasteiger partial charge in [0, 0.05) is 11.4 Å². The van der Waals surface area contributed by atoms with E-state index in [9.17, 15) is 4.79 Å². The molecule has 1 atom stereocenters. The van der Waals surface area contributed by atoms with E-state index in [-0.39, 0.29) is 5.91 Å². The Labute approximate surface area is 119 Å². The molecule has 1 aliphatic heterocycles. The highest BCUT2D eigenvalue weighted by Crippen LogP contribution is 2.48. The summed E-state index contributed by atoms with van der Waals surface area (Å²) in [5.41, 5.74) is 0.944. The third-order valence-electron chi connectivity index (χ3n) is 4.50. The molecule has 3 rings (SSSR count). The summed E-state index contributed by atoms with van der Waals surface area (Å²) in [5.74, 6) is 0.925. The predicted molar refractivity (Wildman–Crippen MR) is 78.3 cm³/mol. The molecule has 0 bridgehead atoms. The summed E-state index contributed by atoms with van der Waals surface area (Å²) in [4.78, 5) is 16.4. The Bertz CT molecular complexity index is 490. The fourth-order valence-corrected chi connectivity index (χ4v) is 3.87. The van der Waals surface area contributed by atoms with Gasteiger partial charge in [-0.2, -0.15) is 0 Å². The highest BCUT2D eigenvalue weighted by Gasteiger charge is 2.44. The Morgan fingerprint density at radius 3 is 2.84 bits per heavy atom. The largest absolute Gasteiger partial charge is 0.333 e. The average molecular weight is 278 g/mol. The van der Waals surface area contributed by atoms with Crippen LogP contribution >= 0.6 is 11.3 Å². The highest BCUT2D eigenvalue weighted by atomic mass is 32.1. The van der Waals surface area contributed by atoms with E-state index in [0.29, 0.717) is 12.0 Å². The van der Waals surface area contributed by atoms with Gasteiger partial charge in [0.25, 0.3) is 0 Å². The minimum atomic E-state index is -0.472. The molecular formula is C15H22N2OS. The lowest BCUT2D eigenvalue weighted by atomic mass is 9.93. The van der Waals surface area contributed by atoms with Crippen LogP contribution in [0.5, 0.6) is 0 Å². The number of carbonyl (C=O) groups is 1. The maximum atomic E-state index is 12.8. The molecule has 104 valence electrons. The van der Waals surface area contributed by atoms with Gasteiger partial charge in [-0.1, -0.05) is 0 Å². The first-order valence-electron chi connectivity index (χ1n) is 7.11. The SMILES string of the molecule is CNC(C)(C)C(=O)N1CCc2sccc2C1C1CC1. The number of carbonyl (C=O) groups excluding carboxylic acids is 1. The van der Waals surface area contributed by atoms with Gasteiger partial charge < -0.3 is 10.2 Å². The van der Waals surface area contributed by atoms with Gasteiger partial charge in [0.05, 0.1) is 11.6 Å². The number of thiophene rings is 1. The van der Waals surface area contributed by atoms with Crippen molar-refractivity contribution in [2.24, 2.45) is 5.92 Å². The molecule has 4 heteroatoms. The van der Waals surface area contributed by atoms with Crippen LogP contribution in [0.25, 0.3) is 0 Å². The van der Waals surface area contributed by atoms with Gasteiger partial charge in [0.1, 0.15) is 0 Å². The maximum absolute atomic E-state index is 12.8. The van der Waals surface area contributed by atoms with Crippen LogP contribution in [-0.4, -0.2) is 29.9 Å². The van der Waals surface area contributed by atoms with Crippen LogP contribution in [0.3, 0.4) is 0 Å². The first-order chi connectivity index (χ1) is 9.04. The molecule has 0 saturated heterocycles. The maximum Gasteiger partial charge on any atom is 0.242 e. The molecule has 0 aromatic carbocycles. The standard InChI is InChI=1S/C15H22N2OS/c1-15(2,16-3)14(18)17-8-6-12-11(7-9-19-12)13(17)10-4-5-10/h7,9-10,13,16H,4-6,8H2,1-3H3. The van der Waals surface area contributed by atoms with E-state index in [1.807, 2.05) is 32.2 Å². The van der Waals surface area contributed by atoms with Crippen LogP contribution in [0.2, 0.25) is 0 Å². The van der Waals surface area contributed by atoms with Crippen molar-refractivity contribution in [2.75, 3.05) is 13.6 Å². The van der Waals surface area contributed by atoms with Gasteiger partial charge in [-0.3, -0.25) is 4.79 Å². The molecule has 1 aromatic heterocycles. The van der Waals surface area contributed by atoms with Gasteiger partial charge in [-0.05, 0) is 63.1 Å². The van der Waals surface area contributed by atoms with Crippen LogP contribution in [0.1, 0.15) is 43.2 Å². The van der Waals surface area contributed by atoms with E-state index >= 15 is 0 Å². The second kappa shape index (κ2) is 4.60. The van der Waals surface area contributed by atoms with Crippen LogP contribution < -0.4 is 5.32 Å². The van der Waals surface area contributed by atoms with Crippen molar-refractivity contribution in [1.82, 2.24) is 10.2 Å². The lowest BCUT2D eigenvalue weighted by Gasteiger charge is -2.40. The van der Waals surface area contributed by atoms with Crippen LogP contribution in [-0.2, 0) is 11.2 Å². The monoisotopic (exact) mass is 278 g/mol. The van der Waals surface area contributed by atoms with Crippen molar-refractivity contribution in [3.05, 3.63) is 21.9 Å². The molecule has 0 spiro atoms. The molecule has 0 radical (unpaired) electrons. The molecule has 2 aliphatic rings. The van der Waals surface area contributed by atoms with E-state index in [1.165, 1.54) is 23.3 Å². The fraction of sp³-hybridized carbons (Fsp3) is 0.667. The third-order valence-corrected chi connectivity index (χ3v) is 5.50.